The summed E-state index contributed by atoms with van der Waals surface area (Å²) in [7, 11) is 0. The molecule has 1 saturated heterocycles. The summed E-state index contributed by atoms with van der Waals surface area (Å²) in [6.07, 6.45) is 2.04. The average Bonchev–Trinajstić information content (AvgIpc) is 2.18. The van der Waals surface area contributed by atoms with Crippen molar-refractivity contribution in [3.05, 3.63) is 0 Å². The molecule has 1 amide bonds. The van der Waals surface area contributed by atoms with Crippen LogP contribution in [0.1, 0.15) is 33.1 Å². The van der Waals surface area contributed by atoms with E-state index in [0.717, 1.165) is 12.8 Å². The molecule has 1 aliphatic rings. The zero-order valence-electron chi connectivity index (χ0n) is 9.41. The molecule has 0 aromatic carbocycles. The fraction of sp³-hybridized carbons (Fsp3) is 0.818. The summed E-state index contributed by atoms with van der Waals surface area (Å²) >= 11 is 0. The lowest BCUT2D eigenvalue weighted by Gasteiger charge is -2.29. The number of nitrogens with one attached hydrogen (secondary N) is 1. The molecule has 0 radical (unpaired) electrons. The molecule has 0 bridgehead atoms. The number of hydrogen-bond donors (Lipinski definition) is 1. The Balaban J connectivity index is 2.51. The van der Waals surface area contributed by atoms with Gasteiger partial charge in [0.05, 0.1) is 6.61 Å². The van der Waals surface area contributed by atoms with Crippen LogP contribution in [-0.2, 0) is 14.3 Å². The average molecular weight is 213 g/mol. The van der Waals surface area contributed by atoms with Crippen molar-refractivity contribution < 1.29 is 14.3 Å². The van der Waals surface area contributed by atoms with E-state index in [-0.39, 0.29) is 23.7 Å². The van der Waals surface area contributed by atoms with Crippen molar-refractivity contribution in [2.75, 3.05) is 13.2 Å². The van der Waals surface area contributed by atoms with Gasteiger partial charge in [0.2, 0.25) is 5.91 Å². The van der Waals surface area contributed by atoms with Gasteiger partial charge in [0.15, 0.2) is 0 Å². The van der Waals surface area contributed by atoms with E-state index in [9.17, 15) is 9.59 Å². The first-order valence-electron chi connectivity index (χ1n) is 5.62. The molecular weight excluding hydrogens is 194 g/mol. The standard InChI is InChI=1S/C11H19NO3/c1-3-9-8(5-6-12-11(9)14)7-10(13)15-4-2/h8-9H,3-7H2,1-2H3,(H,12,14). The molecule has 0 saturated carbocycles. The maximum atomic E-state index is 11.5. The summed E-state index contributed by atoms with van der Waals surface area (Å²) in [6.45, 7) is 4.87. The Bertz CT molecular complexity index is 240. The molecule has 4 heteroatoms. The summed E-state index contributed by atoms with van der Waals surface area (Å²) < 4.78 is 4.90. The molecule has 0 aromatic heterocycles. The van der Waals surface area contributed by atoms with Crippen molar-refractivity contribution in [1.82, 2.24) is 5.32 Å². The fourth-order valence-electron chi connectivity index (χ4n) is 2.12. The number of piperidine rings is 1. The Labute approximate surface area is 90.4 Å². The minimum absolute atomic E-state index is 0.0249. The number of ether oxygens (including phenoxy) is 1. The van der Waals surface area contributed by atoms with Gasteiger partial charge in [-0.1, -0.05) is 6.92 Å². The summed E-state index contributed by atoms with van der Waals surface area (Å²) in [5.41, 5.74) is 0. The molecule has 0 spiro atoms. The molecule has 4 nitrogen and oxygen atoms in total. The predicted octanol–water partition coefficient (Wildman–Crippen LogP) is 1.10. The van der Waals surface area contributed by atoms with Crippen LogP contribution in [-0.4, -0.2) is 25.0 Å². The van der Waals surface area contributed by atoms with E-state index in [1.165, 1.54) is 0 Å². The number of hydrogen-bond acceptors (Lipinski definition) is 3. The zero-order valence-corrected chi connectivity index (χ0v) is 9.41. The van der Waals surface area contributed by atoms with Crippen LogP contribution < -0.4 is 5.32 Å². The van der Waals surface area contributed by atoms with Gasteiger partial charge < -0.3 is 10.1 Å². The normalized spacial score (nSPS) is 25.9. The van der Waals surface area contributed by atoms with E-state index in [1.54, 1.807) is 6.92 Å². The molecule has 2 atom stereocenters. The number of amides is 1. The molecule has 1 heterocycles. The quantitative estimate of drug-likeness (QED) is 0.711. The maximum Gasteiger partial charge on any atom is 0.306 e. The van der Waals surface area contributed by atoms with Gasteiger partial charge in [-0.25, -0.2) is 0 Å². The molecule has 2 unspecified atom stereocenters. The van der Waals surface area contributed by atoms with Crippen molar-refractivity contribution in [3.8, 4) is 0 Å². The molecule has 1 fully saturated rings. The van der Waals surface area contributed by atoms with Crippen molar-refractivity contribution in [3.63, 3.8) is 0 Å². The summed E-state index contributed by atoms with van der Waals surface area (Å²) in [6, 6.07) is 0. The molecule has 1 N–H and O–H groups in total. The second-order valence-corrected chi connectivity index (χ2v) is 3.86. The van der Waals surface area contributed by atoms with E-state index in [1.807, 2.05) is 6.92 Å². The van der Waals surface area contributed by atoms with E-state index in [2.05, 4.69) is 5.32 Å². The van der Waals surface area contributed by atoms with Gasteiger partial charge in [0.1, 0.15) is 0 Å². The number of rotatable bonds is 4. The zero-order chi connectivity index (χ0) is 11.3. The van der Waals surface area contributed by atoms with Crippen LogP contribution in [0.5, 0.6) is 0 Å². The highest BCUT2D eigenvalue weighted by atomic mass is 16.5. The van der Waals surface area contributed by atoms with Gasteiger partial charge in [-0.3, -0.25) is 9.59 Å². The van der Waals surface area contributed by atoms with Crippen LogP contribution in [0.2, 0.25) is 0 Å². The number of carbonyl (C=O) groups is 2. The monoisotopic (exact) mass is 213 g/mol. The molecule has 0 aromatic rings. The third-order valence-electron chi connectivity index (χ3n) is 2.89. The molecule has 1 rings (SSSR count). The van der Waals surface area contributed by atoms with Crippen LogP contribution in [0.15, 0.2) is 0 Å². The smallest absolute Gasteiger partial charge is 0.306 e. The molecule has 86 valence electrons. The van der Waals surface area contributed by atoms with Crippen LogP contribution >= 0.6 is 0 Å². The van der Waals surface area contributed by atoms with Gasteiger partial charge in [-0.15, -0.1) is 0 Å². The van der Waals surface area contributed by atoms with Gasteiger partial charge in [0.25, 0.3) is 0 Å². The lowest BCUT2D eigenvalue weighted by Crippen LogP contribution is -2.42. The van der Waals surface area contributed by atoms with Crippen LogP contribution in [0.4, 0.5) is 0 Å². The lowest BCUT2D eigenvalue weighted by molar-refractivity contribution is -0.145. The Kier molecular flexibility index (Phi) is 4.59. The molecule has 1 aliphatic heterocycles. The summed E-state index contributed by atoms with van der Waals surface area (Å²) in [5, 5.41) is 2.83. The van der Waals surface area contributed by atoms with E-state index >= 15 is 0 Å². The van der Waals surface area contributed by atoms with Gasteiger partial charge >= 0.3 is 5.97 Å². The van der Waals surface area contributed by atoms with Crippen molar-refractivity contribution in [1.29, 1.82) is 0 Å². The molecule has 15 heavy (non-hydrogen) atoms. The van der Waals surface area contributed by atoms with Crippen LogP contribution in [0, 0.1) is 11.8 Å². The highest BCUT2D eigenvalue weighted by molar-refractivity contribution is 5.80. The van der Waals surface area contributed by atoms with Gasteiger partial charge in [-0.05, 0) is 25.7 Å². The SMILES string of the molecule is CCOC(=O)CC1CCNC(=O)C1CC. The Morgan fingerprint density at radius 2 is 2.27 bits per heavy atom. The molecule has 0 aliphatic carbocycles. The lowest BCUT2D eigenvalue weighted by atomic mass is 9.82. The molecular formula is C11H19NO3. The fourth-order valence-corrected chi connectivity index (χ4v) is 2.12. The van der Waals surface area contributed by atoms with E-state index in [4.69, 9.17) is 4.74 Å². The Morgan fingerprint density at radius 1 is 1.53 bits per heavy atom. The van der Waals surface area contributed by atoms with E-state index in [0.29, 0.717) is 19.6 Å². The Hall–Kier alpha value is -1.06. The minimum atomic E-state index is -0.185. The topological polar surface area (TPSA) is 55.4 Å². The minimum Gasteiger partial charge on any atom is -0.466 e. The van der Waals surface area contributed by atoms with Crippen molar-refractivity contribution in [2.45, 2.75) is 33.1 Å². The largest absolute Gasteiger partial charge is 0.466 e. The highest BCUT2D eigenvalue weighted by Gasteiger charge is 2.31. The van der Waals surface area contributed by atoms with Crippen LogP contribution in [0.3, 0.4) is 0 Å². The predicted molar refractivity (Wildman–Crippen MR) is 56.1 cm³/mol. The third-order valence-corrected chi connectivity index (χ3v) is 2.89. The Morgan fingerprint density at radius 3 is 2.87 bits per heavy atom. The van der Waals surface area contributed by atoms with Gasteiger partial charge in [-0.2, -0.15) is 0 Å². The maximum absolute atomic E-state index is 11.5. The number of esters is 1. The van der Waals surface area contributed by atoms with Crippen molar-refractivity contribution >= 4 is 11.9 Å². The summed E-state index contributed by atoms with van der Waals surface area (Å²) in [4.78, 5) is 22.8. The van der Waals surface area contributed by atoms with E-state index < -0.39 is 0 Å². The first-order chi connectivity index (χ1) is 7.19. The van der Waals surface area contributed by atoms with Gasteiger partial charge in [0, 0.05) is 18.9 Å². The van der Waals surface area contributed by atoms with Crippen molar-refractivity contribution in [2.24, 2.45) is 11.8 Å². The highest BCUT2D eigenvalue weighted by Crippen LogP contribution is 2.26. The van der Waals surface area contributed by atoms with Crippen LogP contribution in [0.25, 0.3) is 0 Å². The third kappa shape index (κ3) is 3.22. The first kappa shape index (κ1) is 12.0. The summed E-state index contributed by atoms with van der Waals surface area (Å²) in [5.74, 6) is 0.0275. The first-order valence-corrected chi connectivity index (χ1v) is 5.62. The second kappa shape index (κ2) is 5.73. The number of carbonyl (C=O) groups excluding carboxylic acids is 2. The second-order valence-electron chi connectivity index (χ2n) is 3.86.